The lowest BCUT2D eigenvalue weighted by Gasteiger charge is -2.24. The van der Waals surface area contributed by atoms with E-state index in [9.17, 15) is 24.8 Å². The van der Waals surface area contributed by atoms with Crippen molar-refractivity contribution in [1.82, 2.24) is 4.57 Å². The smallest absolute Gasteiger partial charge is 0.338 e. The molecule has 0 bridgehead atoms. The molecule has 2 aromatic carbocycles. The van der Waals surface area contributed by atoms with Crippen LogP contribution in [0, 0.1) is 10.1 Å². The molecule has 186 valence electrons. The van der Waals surface area contributed by atoms with Gasteiger partial charge in [0, 0.05) is 22.6 Å². The van der Waals surface area contributed by atoms with E-state index in [4.69, 9.17) is 4.74 Å². The van der Waals surface area contributed by atoms with Gasteiger partial charge in [0.2, 0.25) is 0 Å². The number of esters is 1. The summed E-state index contributed by atoms with van der Waals surface area (Å²) in [5.41, 5.74) is 0.803. The fourth-order valence-corrected chi connectivity index (χ4v) is 5.76. The summed E-state index contributed by atoms with van der Waals surface area (Å²) in [6, 6.07) is 9.13. The first-order valence-electron chi connectivity index (χ1n) is 10.7. The molecule has 1 aliphatic heterocycles. The van der Waals surface area contributed by atoms with Gasteiger partial charge in [-0.3, -0.25) is 19.5 Å². The number of phenols is 1. The zero-order valence-electron chi connectivity index (χ0n) is 19.4. The van der Waals surface area contributed by atoms with Crippen molar-refractivity contribution in [2.45, 2.75) is 24.8 Å². The Balaban J connectivity index is 1.97. The molecule has 36 heavy (non-hydrogen) atoms. The predicted octanol–water partition coefficient (Wildman–Crippen LogP) is 3.90. The van der Waals surface area contributed by atoms with Crippen molar-refractivity contribution in [3.63, 3.8) is 0 Å². The molecular formula is C24H20BrN3O6S2. The minimum atomic E-state index is -0.774. The molecule has 1 atom stereocenters. The summed E-state index contributed by atoms with van der Waals surface area (Å²) in [5, 5.41) is 21.7. The van der Waals surface area contributed by atoms with Crippen molar-refractivity contribution < 1.29 is 19.6 Å². The van der Waals surface area contributed by atoms with Crippen LogP contribution in [0.5, 0.6) is 5.75 Å². The molecule has 3 aromatic rings. The number of carbonyl (C=O) groups excluding carboxylic acids is 1. The number of fused-ring (bicyclic) bond motifs is 1. The Morgan fingerprint density at radius 3 is 2.67 bits per heavy atom. The molecule has 0 unspecified atom stereocenters. The van der Waals surface area contributed by atoms with Crippen LogP contribution in [0.15, 0.2) is 66.8 Å². The molecule has 0 saturated carbocycles. The lowest BCUT2D eigenvalue weighted by atomic mass is 9.96. The van der Waals surface area contributed by atoms with Gasteiger partial charge in [0.25, 0.3) is 11.2 Å². The van der Waals surface area contributed by atoms with Crippen LogP contribution in [0.3, 0.4) is 0 Å². The van der Waals surface area contributed by atoms with E-state index in [1.807, 2.05) is 30.5 Å². The number of aromatic nitrogens is 1. The molecule has 1 N–H and O–H groups in total. The number of nitro benzene ring substituents is 1. The molecule has 2 heterocycles. The monoisotopic (exact) mass is 589 g/mol. The molecule has 9 nitrogen and oxygen atoms in total. The number of hydrogen-bond donors (Lipinski definition) is 1. The number of aromatic hydroxyl groups is 1. The predicted molar refractivity (Wildman–Crippen MR) is 141 cm³/mol. The fourth-order valence-electron chi connectivity index (χ4n) is 3.86. The maximum absolute atomic E-state index is 13.6. The van der Waals surface area contributed by atoms with Gasteiger partial charge < -0.3 is 9.84 Å². The lowest BCUT2D eigenvalue weighted by Crippen LogP contribution is -2.39. The van der Waals surface area contributed by atoms with Gasteiger partial charge in [-0.25, -0.2) is 9.79 Å². The molecule has 0 aliphatic carbocycles. The maximum Gasteiger partial charge on any atom is 0.338 e. The zero-order valence-corrected chi connectivity index (χ0v) is 22.6. The van der Waals surface area contributed by atoms with Gasteiger partial charge in [-0.15, -0.1) is 11.8 Å². The van der Waals surface area contributed by atoms with Crippen molar-refractivity contribution in [1.29, 1.82) is 0 Å². The molecule has 1 aromatic heterocycles. The van der Waals surface area contributed by atoms with Crippen molar-refractivity contribution in [2.24, 2.45) is 4.99 Å². The van der Waals surface area contributed by atoms with Crippen LogP contribution >= 0.6 is 39.0 Å². The molecule has 0 saturated heterocycles. The molecule has 0 fully saturated rings. The number of allylic oxidation sites excluding steroid dienone is 1. The van der Waals surface area contributed by atoms with Gasteiger partial charge in [-0.2, -0.15) is 0 Å². The van der Waals surface area contributed by atoms with Crippen LogP contribution in [-0.2, 0) is 9.53 Å². The minimum Gasteiger partial charge on any atom is -0.506 e. The van der Waals surface area contributed by atoms with Crippen LogP contribution in [0.1, 0.15) is 31.0 Å². The van der Waals surface area contributed by atoms with Gasteiger partial charge in [0.15, 0.2) is 4.80 Å². The van der Waals surface area contributed by atoms with Crippen LogP contribution in [0.25, 0.3) is 6.08 Å². The Bertz CT molecular complexity index is 1590. The highest BCUT2D eigenvalue weighted by molar-refractivity contribution is 9.10. The van der Waals surface area contributed by atoms with Gasteiger partial charge >= 0.3 is 5.97 Å². The van der Waals surface area contributed by atoms with Gasteiger partial charge in [-0.1, -0.05) is 23.5 Å². The summed E-state index contributed by atoms with van der Waals surface area (Å²) in [4.78, 5) is 43.2. The number of non-ortho nitro benzene ring substituents is 1. The number of phenolic OH excluding ortho intramolecular Hbond substituents is 1. The summed E-state index contributed by atoms with van der Waals surface area (Å²) in [6.45, 7) is 3.56. The zero-order chi connectivity index (χ0) is 26.1. The van der Waals surface area contributed by atoms with E-state index in [-0.39, 0.29) is 38.2 Å². The molecule has 12 heteroatoms. The number of thioether (sulfide) groups is 1. The highest BCUT2D eigenvalue weighted by atomic mass is 79.9. The summed E-state index contributed by atoms with van der Waals surface area (Å²) < 4.78 is 7.03. The topological polar surface area (TPSA) is 124 Å². The summed E-state index contributed by atoms with van der Waals surface area (Å²) in [7, 11) is 0. The first-order chi connectivity index (χ1) is 17.2. The number of halogens is 1. The second-order valence-electron chi connectivity index (χ2n) is 7.70. The van der Waals surface area contributed by atoms with Gasteiger partial charge in [-0.05, 0) is 59.8 Å². The Morgan fingerprint density at radius 1 is 1.36 bits per heavy atom. The van der Waals surface area contributed by atoms with E-state index in [2.05, 4.69) is 20.9 Å². The van der Waals surface area contributed by atoms with Gasteiger partial charge in [0.05, 0.1) is 37.8 Å². The van der Waals surface area contributed by atoms with Crippen molar-refractivity contribution in [2.75, 3.05) is 12.9 Å². The number of ether oxygens (including phenoxy) is 1. The third-order valence-electron chi connectivity index (χ3n) is 5.52. The lowest BCUT2D eigenvalue weighted by molar-refractivity contribution is -0.385. The number of benzene rings is 2. The van der Waals surface area contributed by atoms with Gasteiger partial charge in [0.1, 0.15) is 5.75 Å². The molecule has 1 aliphatic rings. The Morgan fingerprint density at radius 2 is 2.06 bits per heavy atom. The molecule has 0 radical (unpaired) electrons. The van der Waals surface area contributed by atoms with E-state index in [0.29, 0.717) is 16.1 Å². The van der Waals surface area contributed by atoms with E-state index in [1.54, 1.807) is 25.6 Å². The first-order valence-corrected chi connectivity index (χ1v) is 13.5. The largest absolute Gasteiger partial charge is 0.506 e. The Labute approximate surface area is 221 Å². The number of carbonyl (C=O) groups is 1. The third kappa shape index (κ3) is 4.75. The Kier molecular flexibility index (Phi) is 7.48. The highest BCUT2D eigenvalue weighted by Crippen LogP contribution is 2.34. The quantitative estimate of drug-likeness (QED) is 0.200. The standard InChI is InChI=1S/C24H20BrN3O6S2/c1-4-34-23(31)19-12(2)26-24-27(20(19)13-5-7-16(35-3)8-6-13)22(30)18(36-24)10-14-9-15(28(32)33)11-17(25)21(14)29/h5-11,20,29H,4H2,1-3H3/b18-10-/t20-/m0/s1. The average Bonchev–Trinajstić information content (AvgIpc) is 3.15. The third-order valence-corrected chi connectivity index (χ3v) is 7.85. The van der Waals surface area contributed by atoms with Crippen molar-refractivity contribution in [3.8, 4) is 5.75 Å². The summed E-state index contributed by atoms with van der Waals surface area (Å²) >= 11 is 5.75. The highest BCUT2D eigenvalue weighted by Gasteiger charge is 2.33. The van der Waals surface area contributed by atoms with E-state index < -0.39 is 22.5 Å². The van der Waals surface area contributed by atoms with E-state index >= 15 is 0 Å². The average molecular weight is 590 g/mol. The molecule has 0 amide bonds. The molecule has 0 spiro atoms. The number of nitro groups is 1. The normalized spacial score (nSPS) is 15.4. The van der Waals surface area contributed by atoms with Crippen molar-refractivity contribution >= 4 is 56.8 Å². The van der Waals surface area contributed by atoms with Crippen LogP contribution < -0.4 is 14.9 Å². The second kappa shape index (κ2) is 10.4. The summed E-state index contributed by atoms with van der Waals surface area (Å²) in [5.74, 6) is -0.800. The number of nitrogens with zero attached hydrogens (tertiary/aromatic N) is 3. The van der Waals surface area contributed by atoms with Crippen LogP contribution in [-0.4, -0.2) is 33.4 Å². The van der Waals surface area contributed by atoms with Crippen molar-refractivity contribution in [3.05, 3.63) is 93.1 Å². The number of rotatable bonds is 6. The first kappa shape index (κ1) is 25.9. The number of thiazole rings is 1. The SMILES string of the molecule is CCOC(=O)C1=C(C)N=c2s/c(=C\c3cc([N+](=O)[O-])cc(Br)c3O)c(=O)n2[C@H]1c1ccc(SC)cc1. The maximum atomic E-state index is 13.6. The second-order valence-corrected chi connectivity index (χ2v) is 10.4. The fraction of sp³-hybridized carbons (Fsp3) is 0.208. The molecule has 4 rings (SSSR count). The Hall–Kier alpha value is -3.22. The molecular weight excluding hydrogens is 570 g/mol. The number of hydrogen-bond acceptors (Lipinski definition) is 9. The van der Waals surface area contributed by atoms with E-state index in [1.165, 1.54) is 22.8 Å². The van der Waals surface area contributed by atoms with Crippen LogP contribution in [0.2, 0.25) is 0 Å². The minimum absolute atomic E-state index is 0.101. The summed E-state index contributed by atoms with van der Waals surface area (Å²) in [6.07, 6.45) is 3.34. The van der Waals surface area contributed by atoms with E-state index in [0.717, 1.165) is 16.2 Å². The van der Waals surface area contributed by atoms with Crippen LogP contribution in [0.4, 0.5) is 5.69 Å².